The van der Waals surface area contributed by atoms with Crippen molar-refractivity contribution in [3.8, 4) is 0 Å². The predicted octanol–water partition coefficient (Wildman–Crippen LogP) is 1.80. The first kappa shape index (κ1) is 8.60. The van der Waals surface area contributed by atoms with Crippen LogP contribution in [-0.2, 0) is 13.5 Å². The molecule has 3 heteroatoms. The second-order valence-corrected chi connectivity index (χ2v) is 4.65. The molecule has 0 radical (unpaired) electrons. The van der Waals surface area contributed by atoms with Crippen molar-refractivity contribution < 1.29 is 0 Å². The molecular weight excluding hydrogens is 162 g/mol. The van der Waals surface area contributed by atoms with Crippen molar-refractivity contribution in [1.29, 1.82) is 0 Å². The molecule has 0 spiro atoms. The van der Waals surface area contributed by atoms with Gasteiger partial charge in [0.1, 0.15) is 0 Å². The van der Waals surface area contributed by atoms with Crippen LogP contribution in [-0.4, -0.2) is 16.3 Å². The van der Waals surface area contributed by atoms with E-state index in [2.05, 4.69) is 24.3 Å². The molecule has 0 aliphatic carbocycles. The SMILES string of the molecule is Cn1ncc2c1CCC(C)(C)CN2. The van der Waals surface area contributed by atoms with Crippen molar-refractivity contribution in [1.82, 2.24) is 9.78 Å². The fraction of sp³-hybridized carbons (Fsp3) is 0.700. The number of nitrogens with one attached hydrogen (secondary N) is 1. The summed E-state index contributed by atoms with van der Waals surface area (Å²) in [6.45, 7) is 5.66. The van der Waals surface area contributed by atoms with Crippen LogP contribution in [0.1, 0.15) is 26.0 Å². The summed E-state index contributed by atoms with van der Waals surface area (Å²) in [7, 11) is 2.01. The van der Waals surface area contributed by atoms with E-state index in [4.69, 9.17) is 0 Å². The van der Waals surface area contributed by atoms with Crippen molar-refractivity contribution >= 4 is 5.69 Å². The quantitative estimate of drug-likeness (QED) is 0.658. The van der Waals surface area contributed by atoms with Crippen LogP contribution in [0.2, 0.25) is 0 Å². The van der Waals surface area contributed by atoms with Gasteiger partial charge in [-0.05, 0) is 18.3 Å². The van der Waals surface area contributed by atoms with E-state index in [1.807, 2.05) is 17.9 Å². The molecule has 0 unspecified atom stereocenters. The molecule has 2 heterocycles. The van der Waals surface area contributed by atoms with Gasteiger partial charge in [0.25, 0.3) is 0 Å². The predicted molar refractivity (Wildman–Crippen MR) is 53.8 cm³/mol. The van der Waals surface area contributed by atoms with E-state index < -0.39 is 0 Å². The first-order chi connectivity index (χ1) is 6.08. The summed E-state index contributed by atoms with van der Waals surface area (Å²) in [5.41, 5.74) is 2.96. The third-order valence-electron chi connectivity index (χ3n) is 2.86. The first-order valence-electron chi connectivity index (χ1n) is 4.83. The lowest BCUT2D eigenvalue weighted by atomic mass is 9.88. The zero-order valence-electron chi connectivity index (χ0n) is 8.59. The standard InChI is InChI=1S/C10H17N3/c1-10(2)5-4-9-8(11-7-10)6-12-13(9)3/h6,11H,4-5,7H2,1-3H3. The molecule has 1 aliphatic heterocycles. The fourth-order valence-corrected chi connectivity index (χ4v) is 1.79. The number of fused-ring (bicyclic) bond motifs is 1. The van der Waals surface area contributed by atoms with E-state index in [1.165, 1.54) is 17.8 Å². The molecule has 2 rings (SSSR count). The van der Waals surface area contributed by atoms with E-state index in [0.29, 0.717) is 5.41 Å². The second kappa shape index (κ2) is 2.76. The van der Waals surface area contributed by atoms with Gasteiger partial charge < -0.3 is 5.32 Å². The van der Waals surface area contributed by atoms with E-state index in [0.717, 1.165) is 13.0 Å². The molecule has 1 N–H and O–H groups in total. The van der Waals surface area contributed by atoms with Crippen molar-refractivity contribution in [3.63, 3.8) is 0 Å². The van der Waals surface area contributed by atoms with Crippen LogP contribution in [0, 0.1) is 5.41 Å². The van der Waals surface area contributed by atoms with Gasteiger partial charge in [-0.1, -0.05) is 13.8 Å². The van der Waals surface area contributed by atoms with Crippen LogP contribution < -0.4 is 5.32 Å². The number of hydrogen-bond acceptors (Lipinski definition) is 2. The Balaban J connectivity index is 2.28. The van der Waals surface area contributed by atoms with E-state index in [-0.39, 0.29) is 0 Å². The number of aryl methyl sites for hydroxylation is 1. The molecule has 0 bridgehead atoms. The number of rotatable bonds is 0. The van der Waals surface area contributed by atoms with Crippen molar-refractivity contribution in [2.24, 2.45) is 12.5 Å². The molecule has 3 nitrogen and oxygen atoms in total. The Morgan fingerprint density at radius 2 is 2.31 bits per heavy atom. The first-order valence-corrected chi connectivity index (χ1v) is 4.83. The van der Waals surface area contributed by atoms with Gasteiger partial charge in [-0.15, -0.1) is 0 Å². The number of aromatic nitrogens is 2. The molecule has 0 saturated heterocycles. The molecule has 0 aromatic carbocycles. The van der Waals surface area contributed by atoms with Crippen LogP contribution in [0.3, 0.4) is 0 Å². The zero-order valence-corrected chi connectivity index (χ0v) is 8.59. The van der Waals surface area contributed by atoms with Gasteiger partial charge >= 0.3 is 0 Å². The fourth-order valence-electron chi connectivity index (χ4n) is 1.79. The molecule has 13 heavy (non-hydrogen) atoms. The van der Waals surface area contributed by atoms with E-state index >= 15 is 0 Å². The van der Waals surface area contributed by atoms with E-state index in [1.54, 1.807) is 0 Å². The molecule has 0 saturated carbocycles. The minimum Gasteiger partial charge on any atom is -0.382 e. The molecule has 1 aromatic rings. The highest BCUT2D eigenvalue weighted by Crippen LogP contribution is 2.29. The normalized spacial score (nSPS) is 20.2. The summed E-state index contributed by atoms with van der Waals surface area (Å²) < 4.78 is 1.98. The van der Waals surface area contributed by atoms with Gasteiger partial charge in [-0.2, -0.15) is 5.10 Å². The topological polar surface area (TPSA) is 29.9 Å². The number of nitrogens with zero attached hydrogens (tertiary/aromatic N) is 2. The minimum absolute atomic E-state index is 0.402. The maximum absolute atomic E-state index is 4.24. The third-order valence-corrected chi connectivity index (χ3v) is 2.86. The molecular formula is C10H17N3. The number of anilines is 1. The van der Waals surface area contributed by atoms with Crippen LogP contribution in [0.4, 0.5) is 5.69 Å². The lowest BCUT2D eigenvalue weighted by Crippen LogP contribution is -2.21. The highest BCUT2D eigenvalue weighted by Gasteiger charge is 2.23. The third kappa shape index (κ3) is 1.55. The molecule has 0 amide bonds. The van der Waals surface area contributed by atoms with Gasteiger partial charge in [0, 0.05) is 13.6 Å². The van der Waals surface area contributed by atoms with Gasteiger partial charge in [0.15, 0.2) is 0 Å². The Labute approximate surface area is 79.1 Å². The molecule has 0 fully saturated rings. The van der Waals surface area contributed by atoms with Crippen LogP contribution in [0.15, 0.2) is 6.20 Å². The second-order valence-electron chi connectivity index (χ2n) is 4.65. The highest BCUT2D eigenvalue weighted by molar-refractivity contribution is 5.47. The molecule has 72 valence electrons. The summed E-state index contributed by atoms with van der Waals surface area (Å²) in [4.78, 5) is 0. The zero-order chi connectivity index (χ0) is 9.47. The lowest BCUT2D eigenvalue weighted by Gasteiger charge is -2.21. The maximum atomic E-state index is 4.24. The summed E-state index contributed by atoms with van der Waals surface area (Å²) >= 11 is 0. The van der Waals surface area contributed by atoms with Crippen LogP contribution in [0.25, 0.3) is 0 Å². The monoisotopic (exact) mass is 179 g/mol. The summed E-state index contributed by atoms with van der Waals surface area (Å²) in [6, 6.07) is 0. The Bertz CT molecular complexity index is 312. The Hall–Kier alpha value is -0.990. The van der Waals surface area contributed by atoms with Crippen LogP contribution in [0.5, 0.6) is 0 Å². The molecule has 0 atom stereocenters. The van der Waals surface area contributed by atoms with Crippen molar-refractivity contribution in [3.05, 3.63) is 11.9 Å². The number of hydrogen-bond donors (Lipinski definition) is 1. The Kier molecular flexibility index (Phi) is 1.82. The van der Waals surface area contributed by atoms with Crippen molar-refractivity contribution in [2.45, 2.75) is 26.7 Å². The molecule has 1 aromatic heterocycles. The average Bonchev–Trinajstić information content (AvgIpc) is 2.32. The van der Waals surface area contributed by atoms with Gasteiger partial charge in [0.2, 0.25) is 0 Å². The minimum atomic E-state index is 0.402. The maximum Gasteiger partial charge on any atom is 0.0759 e. The lowest BCUT2D eigenvalue weighted by molar-refractivity contribution is 0.362. The van der Waals surface area contributed by atoms with E-state index in [9.17, 15) is 0 Å². The van der Waals surface area contributed by atoms with Crippen molar-refractivity contribution in [2.75, 3.05) is 11.9 Å². The average molecular weight is 179 g/mol. The summed E-state index contributed by atoms with van der Waals surface area (Å²) in [5.74, 6) is 0. The summed E-state index contributed by atoms with van der Waals surface area (Å²) in [5, 5.41) is 7.69. The summed E-state index contributed by atoms with van der Waals surface area (Å²) in [6.07, 6.45) is 4.29. The van der Waals surface area contributed by atoms with Gasteiger partial charge in [-0.3, -0.25) is 4.68 Å². The van der Waals surface area contributed by atoms with Gasteiger partial charge in [0.05, 0.1) is 17.6 Å². The van der Waals surface area contributed by atoms with Crippen LogP contribution >= 0.6 is 0 Å². The largest absolute Gasteiger partial charge is 0.382 e. The smallest absolute Gasteiger partial charge is 0.0759 e. The van der Waals surface area contributed by atoms with Gasteiger partial charge in [-0.25, -0.2) is 0 Å². The molecule has 1 aliphatic rings. The highest BCUT2D eigenvalue weighted by atomic mass is 15.3. The Morgan fingerprint density at radius 1 is 1.54 bits per heavy atom. The Morgan fingerprint density at radius 3 is 3.08 bits per heavy atom.